The normalized spacial score (nSPS) is 11.2. The van der Waals surface area contributed by atoms with E-state index in [9.17, 15) is 15.0 Å². The van der Waals surface area contributed by atoms with Gasteiger partial charge < -0.3 is 14.6 Å². The zero-order chi connectivity index (χ0) is 14.8. The number of rotatable bonds is 3. The van der Waals surface area contributed by atoms with Crippen molar-refractivity contribution >= 4 is 22.8 Å². The van der Waals surface area contributed by atoms with Crippen LogP contribution in [0, 0.1) is 0 Å². The molecule has 1 aromatic heterocycles. The molecule has 0 aliphatic heterocycles. The first-order valence-electron chi connectivity index (χ1n) is 6.35. The van der Waals surface area contributed by atoms with Crippen LogP contribution >= 0.6 is 0 Å². The topological polar surface area (TPSA) is 70.7 Å². The highest BCUT2D eigenvalue weighted by Gasteiger charge is 2.11. The van der Waals surface area contributed by atoms with E-state index < -0.39 is 0 Å². The Bertz CT molecular complexity index is 826. The molecule has 2 N–H and O–H groups in total. The standard InChI is InChI=1S/C17H12O4/c18-13-4-1-11(2-5-13)3-6-15(19)14-9-12-7-8-21-17(12)10-16(14)20/h1-10,18,20H/b6-3+. The van der Waals surface area contributed by atoms with Crippen molar-refractivity contribution in [3.63, 3.8) is 0 Å². The highest BCUT2D eigenvalue weighted by Crippen LogP contribution is 2.26. The van der Waals surface area contributed by atoms with Gasteiger partial charge in [0.1, 0.15) is 17.1 Å². The SMILES string of the molecule is O=C(/C=C/c1ccc(O)cc1)c1cc2ccoc2cc1O. The summed E-state index contributed by atoms with van der Waals surface area (Å²) < 4.78 is 5.16. The number of hydrogen-bond acceptors (Lipinski definition) is 4. The Morgan fingerprint density at radius 1 is 1.05 bits per heavy atom. The minimum absolute atomic E-state index is 0.113. The summed E-state index contributed by atoms with van der Waals surface area (Å²) in [7, 11) is 0. The second-order valence-electron chi connectivity index (χ2n) is 4.62. The van der Waals surface area contributed by atoms with Crippen molar-refractivity contribution in [3.8, 4) is 11.5 Å². The number of allylic oxidation sites excluding steroid dienone is 1. The zero-order valence-corrected chi connectivity index (χ0v) is 11.0. The first kappa shape index (κ1) is 13.0. The van der Waals surface area contributed by atoms with Gasteiger partial charge in [0.15, 0.2) is 5.78 Å². The van der Waals surface area contributed by atoms with E-state index in [4.69, 9.17) is 4.42 Å². The van der Waals surface area contributed by atoms with Crippen LogP contribution in [0.5, 0.6) is 11.5 Å². The summed E-state index contributed by atoms with van der Waals surface area (Å²) in [6, 6.07) is 11.2. The fourth-order valence-electron chi connectivity index (χ4n) is 2.04. The Kier molecular flexibility index (Phi) is 3.20. The van der Waals surface area contributed by atoms with E-state index in [1.807, 2.05) is 0 Å². The number of phenolic OH excluding ortho intramolecular Hbond substituents is 2. The molecular weight excluding hydrogens is 268 g/mol. The lowest BCUT2D eigenvalue weighted by Gasteiger charge is -2.01. The second-order valence-corrected chi connectivity index (χ2v) is 4.62. The van der Waals surface area contributed by atoms with Crippen LogP contribution in [-0.4, -0.2) is 16.0 Å². The highest BCUT2D eigenvalue weighted by molar-refractivity contribution is 6.10. The zero-order valence-electron chi connectivity index (χ0n) is 11.0. The Labute approximate surface area is 120 Å². The van der Waals surface area contributed by atoms with Crippen LogP contribution in [0.15, 0.2) is 59.2 Å². The lowest BCUT2D eigenvalue weighted by Crippen LogP contribution is -1.94. The van der Waals surface area contributed by atoms with Crippen molar-refractivity contribution in [2.45, 2.75) is 0 Å². The Morgan fingerprint density at radius 3 is 2.57 bits per heavy atom. The molecular formula is C17H12O4. The molecule has 4 heteroatoms. The molecule has 4 nitrogen and oxygen atoms in total. The van der Waals surface area contributed by atoms with Crippen molar-refractivity contribution in [3.05, 3.63) is 65.9 Å². The average molecular weight is 280 g/mol. The number of hydrogen-bond donors (Lipinski definition) is 2. The fourth-order valence-corrected chi connectivity index (χ4v) is 2.04. The van der Waals surface area contributed by atoms with Crippen molar-refractivity contribution in [2.75, 3.05) is 0 Å². The molecule has 0 aliphatic carbocycles. The largest absolute Gasteiger partial charge is 0.508 e. The number of benzene rings is 2. The monoisotopic (exact) mass is 280 g/mol. The molecule has 0 saturated carbocycles. The molecule has 21 heavy (non-hydrogen) atoms. The van der Waals surface area contributed by atoms with Crippen LogP contribution in [0.1, 0.15) is 15.9 Å². The van der Waals surface area contributed by atoms with Gasteiger partial charge in [0, 0.05) is 11.5 Å². The lowest BCUT2D eigenvalue weighted by molar-refractivity contribution is 0.104. The molecule has 0 bridgehead atoms. The first-order chi connectivity index (χ1) is 10.1. The number of aromatic hydroxyl groups is 2. The third kappa shape index (κ3) is 2.65. The van der Waals surface area contributed by atoms with Gasteiger partial charge in [0.2, 0.25) is 0 Å². The predicted molar refractivity (Wildman–Crippen MR) is 79.4 cm³/mol. The summed E-state index contributed by atoms with van der Waals surface area (Å²) in [4.78, 5) is 12.1. The van der Waals surface area contributed by atoms with Crippen LogP contribution in [-0.2, 0) is 0 Å². The van der Waals surface area contributed by atoms with Crippen molar-refractivity contribution in [1.29, 1.82) is 0 Å². The maximum Gasteiger partial charge on any atom is 0.189 e. The number of fused-ring (bicyclic) bond motifs is 1. The van der Waals surface area contributed by atoms with Crippen LogP contribution in [0.2, 0.25) is 0 Å². The van der Waals surface area contributed by atoms with Crippen LogP contribution in [0.3, 0.4) is 0 Å². The summed E-state index contributed by atoms with van der Waals surface area (Å²) in [5, 5.41) is 19.8. The second kappa shape index (κ2) is 5.17. The predicted octanol–water partition coefficient (Wildman–Crippen LogP) is 3.74. The highest BCUT2D eigenvalue weighted by atomic mass is 16.3. The van der Waals surface area contributed by atoms with E-state index in [2.05, 4.69) is 0 Å². The van der Waals surface area contributed by atoms with Crippen molar-refractivity contribution in [1.82, 2.24) is 0 Å². The summed E-state index contributed by atoms with van der Waals surface area (Å²) in [6.45, 7) is 0. The molecule has 3 rings (SSSR count). The van der Waals surface area contributed by atoms with Gasteiger partial charge in [-0.25, -0.2) is 0 Å². The number of phenols is 2. The number of carbonyl (C=O) groups excluding carboxylic acids is 1. The van der Waals surface area contributed by atoms with Gasteiger partial charge in [-0.1, -0.05) is 18.2 Å². The Balaban J connectivity index is 1.89. The molecule has 0 atom stereocenters. The van der Waals surface area contributed by atoms with E-state index >= 15 is 0 Å². The molecule has 2 aromatic carbocycles. The third-order valence-electron chi connectivity index (χ3n) is 3.16. The van der Waals surface area contributed by atoms with E-state index in [0.29, 0.717) is 5.58 Å². The number of ketones is 1. The maximum atomic E-state index is 12.1. The lowest BCUT2D eigenvalue weighted by atomic mass is 10.1. The molecule has 0 aliphatic rings. The van der Waals surface area contributed by atoms with E-state index in [1.54, 1.807) is 42.5 Å². The van der Waals surface area contributed by atoms with E-state index in [0.717, 1.165) is 10.9 Å². The molecule has 0 amide bonds. The van der Waals surface area contributed by atoms with Crippen molar-refractivity contribution < 1.29 is 19.4 Å². The van der Waals surface area contributed by atoms with Gasteiger partial charge in [0.25, 0.3) is 0 Å². The maximum absolute atomic E-state index is 12.1. The van der Waals surface area contributed by atoms with Gasteiger partial charge in [0.05, 0.1) is 11.8 Å². The van der Waals surface area contributed by atoms with Gasteiger partial charge in [-0.2, -0.15) is 0 Å². The number of furan rings is 1. The first-order valence-corrected chi connectivity index (χ1v) is 6.35. The Morgan fingerprint density at radius 2 is 1.81 bits per heavy atom. The van der Waals surface area contributed by atoms with Gasteiger partial charge in [-0.15, -0.1) is 0 Å². The molecule has 104 valence electrons. The quantitative estimate of drug-likeness (QED) is 0.566. The summed E-state index contributed by atoms with van der Waals surface area (Å²) >= 11 is 0. The van der Waals surface area contributed by atoms with E-state index in [-0.39, 0.29) is 22.8 Å². The Hall–Kier alpha value is -3.01. The smallest absolute Gasteiger partial charge is 0.189 e. The minimum Gasteiger partial charge on any atom is -0.508 e. The van der Waals surface area contributed by atoms with Gasteiger partial charge in [-0.05, 0) is 35.9 Å². The third-order valence-corrected chi connectivity index (χ3v) is 3.16. The fraction of sp³-hybridized carbons (Fsp3) is 0. The molecule has 0 saturated heterocycles. The summed E-state index contributed by atoms with van der Waals surface area (Å²) in [5.74, 6) is -0.247. The molecule has 0 unspecified atom stereocenters. The average Bonchev–Trinajstić information content (AvgIpc) is 2.92. The summed E-state index contributed by atoms with van der Waals surface area (Å²) in [5.41, 5.74) is 1.54. The molecule has 3 aromatic rings. The molecule has 0 radical (unpaired) electrons. The van der Waals surface area contributed by atoms with Crippen molar-refractivity contribution in [2.24, 2.45) is 0 Å². The van der Waals surface area contributed by atoms with Crippen LogP contribution < -0.4 is 0 Å². The van der Waals surface area contributed by atoms with Crippen LogP contribution in [0.4, 0.5) is 0 Å². The summed E-state index contributed by atoms with van der Waals surface area (Å²) in [6.07, 6.45) is 4.51. The molecule has 0 fully saturated rings. The number of carbonyl (C=O) groups is 1. The molecule has 0 spiro atoms. The molecule has 1 heterocycles. The van der Waals surface area contributed by atoms with Gasteiger partial charge >= 0.3 is 0 Å². The van der Waals surface area contributed by atoms with E-state index in [1.165, 1.54) is 18.4 Å². The minimum atomic E-state index is -0.302. The van der Waals surface area contributed by atoms with Gasteiger partial charge in [-0.3, -0.25) is 4.79 Å². The van der Waals surface area contributed by atoms with Crippen LogP contribution in [0.25, 0.3) is 17.0 Å².